The number of fused-ring (bicyclic) bond motifs is 1. The largest absolute Gasteiger partial charge is 0.388 e. The Morgan fingerprint density at radius 2 is 1.87 bits per heavy atom. The van der Waals surface area contributed by atoms with Crippen molar-refractivity contribution >= 4 is 28.9 Å². The number of aliphatic hydroxyl groups is 1. The van der Waals surface area contributed by atoms with E-state index in [4.69, 9.17) is 11.6 Å². The molecule has 1 amide bonds. The molecule has 118 valence electrons. The Labute approximate surface area is 139 Å². The van der Waals surface area contributed by atoms with Crippen molar-refractivity contribution in [2.45, 2.75) is 25.5 Å². The van der Waals surface area contributed by atoms with Gasteiger partial charge in [0.05, 0.1) is 17.0 Å². The zero-order chi connectivity index (χ0) is 16.6. The molecule has 2 aromatic carbocycles. The summed E-state index contributed by atoms with van der Waals surface area (Å²) < 4.78 is 0. The van der Waals surface area contributed by atoms with Gasteiger partial charge in [-0.05, 0) is 32.0 Å². The first-order valence-electron chi connectivity index (χ1n) is 7.32. The Balaban J connectivity index is 2.25. The van der Waals surface area contributed by atoms with Crippen LogP contribution in [-0.2, 0) is 4.79 Å². The molecular weight excluding hydrogens is 312 g/mol. The van der Waals surface area contributed by atoms with E-state index in [9.17, 15) is 9.90 Å². The first-order chi connectivity index (χ1) is 10.9. The molecule has 1 heterocycles. The molecule has 1 aliphatic heterocycles. The molecule has 0 radical (unpaired) electrons. The average Bonchev–Trinajstić information content (AvgIpc) is 2.64. The van der Waals surface area contributed by atoms with Gasteiger partial charge in [-0.15, -0.1) is 0 Å². The number of hydrogen-bond acceptors (Lipinski definition) is 3. The van der Waals surface area contributed by atoms with Gasteiger partial charge in [0.25, 0.3) is 5.91 Å². The van der Waals surface area contributed by atoms with Gasteiger partial charge in [0.15, 0.2) is 6.04 Å². The maximum absolute atomic E-state index is 12.5. The normalized spacial score (nSPS) is 17.8. The molecule has 0 spiro atoms. The van der Waals surface area contributed by atoms with Crippen LogP contribution in [-0.4, -0.2) is 28.4 Å². The molecule has 5 heteroatoms. The third-order valence-corrected chi connectivity index (χ3v) is 3.95. The Kier molecular flexibility index (Phi) is 3.96. The molecule has 1 unspecified atom stereocenters. The van der Waals surface area contributed by atoms with Gasteiger partial charge in [-0.1, -0.05) is 41.9 Å². The maximum atomic E-state index is 12.5. The van der Waals surface area contributed by atoms with Gasteiger partial charge in [0.2, 0.25) is 0 Å². The van der Waals surface area contributed by atoms with Crippen LogP contribution in [0.15, 0.2) is 53.5 Å². The van der Waals surface area contributed by atoms with Crippen LogP contribution < -0.4 is 5.32 Å². The molecule has 4 nitrogen and oxygen atoms in total. The zero-order valence-corrected chi connectivity index (χ0v) is 13.6. The summed E-state index contributed by atoms with van der Waals surface area (Å²) >= 11 is 6.13. The third-order valence-electron chi connectivity index (χ3n) is 3.72. The summed E-state index contributed by atoms with van der Waals surface area (Å²) in [6.07, 6.45) is 0. The highest BCUT2D eigenvalue weighted by molar-refractivity contribution is 6.32. The van der Waals surface area contributed by atoms with Crippen LogP contribution in [0.1, 0.15) is 25.0 Å². The molecule has 1 atom stereocenters. The van der Waals surface area contributed by atoms with Gasteiger partial charge >= 0.3 is 0 Å². The lowest BCUT2D eigenvalue weighted by atomic mass is 9.97. The number of nitrogens with one attached hydrogen (secondary N) is 1. The molecule has 3 rings (SSSR count). The van der Waals surface area contributed by atoms with Gasteiger partial charge in [-0.25, -0.2) is 0 Å². The van der Waals surface area contributed by atoms with Crippen LogP contribution in [0, 0.1) is 0 Å². The number of rotatable bonds is 2. The van der Waals surface area contributed by atoms with Crippen molar-refractivity contribution in [1.82, 2.24) is 0 Å². The van der Waals surface area contributed by atoms with E-state index in [2.05, 4.69) is 10.3 Å². The first kappa shape index (κ1) is 15.7. The number of halogens is 1. The van der Waals surface area contributed by atoms with Crippen molar-refractivity contribution < 1.29 is 9.90 Å². The van der Waals surface area contributed by atoms with Crippen molar-refractivity contribution in [3.63, 3.8) is 0 Å². The minimum atomic E-state index is -1.28. The van der Waals surface area contributed by atoms with Crippen LogP contribution in [0.3, 0.4) is 0 Å². The summed E-state index contributed by atoms with van der Waals surface area (Å²) in [7, 11) is 0. The average molecular weight is 329 g/mol. The number of carbonyl (C=O) groups excluding carboxylic acids is 1. The number of hydrogen-bond donors (Lipinski definition) is 2. The van der Waals surface area contributed by atoms with Gasteiger partial charge in [0.1, 0.15) is 0 Å². The minimum Gasteiger partial charge on any atom is -0.388 e. The molecular formula is C18H17ClN2O2. The summed E-state index contributed by atoms with van der Waals surface area (Å²) in [4.78, 5) is 17.1. The minimum absolute atomic E-state index is 0.341. The Morgan fingerprint density at radius 1 is 1.17 bits per heavy atom. The van der Waals surface area contributed by atoms with Crippen molar-refractivity contribution in [3.05, 3.63) is 64.7 Å². The van der Waals surface area contributed by atoms with Crippen molar-refractivity contribution in [2.75, 3.05) is 5.32 Å². The summed E-state index contributed by atoms with van der Waals surface area (Å²) in [5.74, 6) is -0.341. The van der Waals surface area contributed by atoms with Crippen LogP contribution in [0.25, 0.3) is 0 Å². The summed E-state index contributed by atoms with van der Waals surface area (Å²) in [5.41, 5.74) is 1.59. The summed E-state index contributed by atoms with van der Waals surface area (Å²) in [6, 6.07) is 13.9. The fourth-order valence-electron chi connectivity index (χ4n) is 2.58. The van der Waals surface area contributed by atoms with Gasteiger partial charge in [-0.3, -0.25) is 9.79 Å². The molecule has 0 bridgehead atoms. The van der Waals surface area contributed by atoms with Gasteiger partial charge < -0.3 is 10.4 Å². The lowest BCUT2D eigenvalue weighted by Crippen LogP contribution is -2.43. The second kappa shape index (κ2) is 5.80. The highest BCUT2D eigenvalue weighted by atomic mass is 35.5. The Bertz CT molecular complexity index is 779. The zero-order valence-electron chi connectivity index (χ0n) is 12.9. The van der Waals surface area contributed by atoms with Crippen molar-refractivity contribution in [3.8, 4) is 0 Å². The molecule has 0 saturated carbocycles. The quantitative estimate of drug-likeness (QED) is 0.888. The number of amides is 1. The molecule has 0 fully saturated rings. The van der Waals surface area contributed by atoms with E-state index in [0.29, 0.717) is 16.4 Å². The van der Waals surface area contributed by atoms with Gasteiger partial charge in [0, 0.05) is 16.1 Å². The van der Waals surface area contributed by atoms with E-state index in [-0.39, 0.29) is 5.91 Å². The van der Waals surface area contributed by atoms with Crippen molar-refractivity contribution in [2.24, 2.45) is 4.99 Å². The molecule has 0 aliphatic carbocycles. The highest BCUT2D eigenvalue weighted by Gasteiger charge is 2.36. The Morgan fingerprint density at radius 3 is 2.52 bits per heavy atom. The fourth-order valence-corrected chi connectivity index (χ4v) is 2.76. The predicted molar refractivity (Wildman–Crippen MR) is 92.2 cm³/mol. The number of anilines is 1. The molecule has 23 heavy (non-hydrogen) atoms. The third kappa shape index (κ3) is 3.14. The van der Waals surface area contributed by atoms with Crippen LogP contribution in [0.4, 0.5) is 5.69 Å². The van der Waals surface area contributed by atoms with E-state index in [1.165, 1.54) is 0 Å². The summed E-state index contributed by atoms with van der Waals surface area (Å²) in [6.45, 7) is 3.15. The Hall–Kier alpha value is -2.17. The number of carbonyl (C=O) groups is 1. The monoisotopic (exact) mass is 328 g/mol. The lowest BCUT2D eigenvalue weighted by Gasteiger charge is -2.24. The second-order valence-electron chi connectivity index (χ2n) is 6.08. The molecule has 0 saturated heterocycles. The topological polar surface area (TPSA) is 61.7 Å². The fraction of sp³-hybridized carbons (Fsp3) is 0.222. The van der Waals surface area contributed by atoms with Crippen molar-refractivity contribution in [1.29, 1.82) is 0 Å². The molecule has 2 N–H and O–H groups in total. The second-order valence-corrected chi connectivity index (χ2v) is 6.52. The number of nitrogens with zero attached hydrogens (tertiary/aromatic N) is 1. The van der Waals surface area contributed by atoms with E-state index < -0.39 is 11.6 Å². The number of benzodiazepines with no additional fused rings is 1. The highest BCUT2D eigenvalue weighted by Crippen LogP contribution is 2.29. The SMILES string of the molecule is CC(C)(O)C1N=C(c2ccccc2)c2cc(Cl)ccc2NC1=O. The van der Waals surface area contributed by atoms with E-state index >= 15 is 0 Å². The van der Waals surface area contributed by atoms with Crippen LogP contribution in [0.5, 0.6) is 0 Å². The predicted octanol–water partition coefficient (Wildman–Crippen LogP) is 3.27. The molecule has 1 aliphatic rings. The van der Waals surface area contributed by atoms with Gasteiger partial charge in [-0.2, -0.15) is 0 Å². The summed E-state index contributed by atoms with van der Waals surface area (Å²) in [5, 5.41) is 13.7. The standard InChI is InChI=1S/C18H17ClN2O2/c1-18(2,23)16-17(22)20-14-9-8-12(19)10-13(14)15(21-16)11-6-4-3-5-7-11/h3-10,16,23H,1-2H3,(H,20,22). The van der Waals surface area contributed by atoms with E-state index in [0.717, 1.165) is 11.1 Å². The van der Waals surface area contributed by atoms with E-state index in [1.807, 2.05) is 30.3 Å². The van der Waals surface area contributed by atoms with E-state index in [1.54, 1.807) is 32.0 Å². The van der Waals surface area contributed by atoms with Crippen LogP contribution in [0.2, 0.25) is 5.02 Å². The molecule has 0 aromatic heterocycles. The molecule has 2 aromatic rings. The smallest absolute Gasteiger partial charge is 0.252 e. The maximum Gasteiger partial charge on any atom is 0.252 e. The number of aliphatic imine (C=N–C) groups is 1. The number of benzene rings is 2. The first-order valence-corrected chi connectivity index (χ1v) is 7.70. The lowest BCUT2D eigenvalue weighted by molar-refractivity contribution is -0.121. The van der Waals surface area contributed by atoms with Crippen LogP contribution >= 0.6 is 11.6 Å².